The van der Waals surface area contributed by atoms with E-state index in [1.54, 1.807) is 20.2 Å². The zero-order valence-corrected chi connectivity index (χ0v) is 16.8. The SMILES string of the molecule is C=CCn1c(SCc2cc(=O)n(C)c(=O)n2C)nnc1-c1ccccc1OC. The molecule has 28 heavy (non-hydrogen) atoms. The Morgan fingerprint density at radius 2 is 1.93 bits per heavy atom. The lowest BCUT2D eigenvalue weighted by Crippen LogP contribution is -2.37. The van der Waals surface area contributed by atoms with E-state index in [4.69, 9.17) is 4.74 Å². The smallest absolute Gasteiger partial charge is 0.330 e. The molecule has 2 aromatic heterocycles. The van der Waals surface area contributed by atoms with Gasteiger partial charge in [-0.1, -0.05) is 30.0 Å². The van der Waals surface area contributed by atoms with Crippen molar-refractivity contribution in [3.8, 4) is 17.1 Å². The highest BCUT2D eigenvalue weighted by Gasteiger charge is 2.17. The van der Waals surface area contributed by atoms with Crippen LogP contribution >= 0.6 is 11.8 Å². The third-order valence-corrected chi connectivity index (χ3v) is 5.35. The van der Waals surface area contributed by atoms with Crippen molar-refractivity contribution in [2.45, 2.75) is 17.5 Å². The zero-order chi connectivity index (χ0) is 20.3. The van der Waals surface area contributed by atoms with Crippen molar-refractivity contribution in [3.63, 3.8) is 0 Å². The summed E-state index contributed by atoms with van der Waals surface area (Å²) in [6, 6.07) is 9.05. The van der Waals surface area contributed by atoms with Crippen LogP contribution < -0.4 is 16.0 Å². The van der Waals surface area contributed by atoms with E-state index in [1.165, 1.54) is 29.4 Å². The van der Waals surface area contributed by atoms with Crippen molar-refractivity contribution >= 4 is 11.8 Å². The first-order valence-corrected chi connectivity index (χ1v) is 9.52. The van der Waals surface area contributed by atoms with E-state index in [0.717, 1.165) is 10.1 Å². The molecule has 0 radical (unpaired) electrons. The van der Waals surface area contributed by atoms with Crippen LogP contribution in [0.4, 0.5) is 0 Å². The van der Waals surface area contributed by atoms with Gasteiger partial charge in [0, 0.05) is 38.2 Å². The Hall–Kier alpha value is -3.07. The van der Waals surface area contributed by atoms with Crippen LogP contribution in [0.15, 0.2) is 57.7 Å². The van der Waals surface area contributed by atoms with Crippen LogP contribution in [0.2, 0.25) is 0 Å². The van der Waals surface area contributed by atoms with Crippen molar-refractivity contribution in [1.82, 2.24) is 23.9 Å². The number of nitrogens with zero attached hydrogens (tertiary/aromatic N) is 5. The predicted octanol–water partition coefficient (Wildman–Crippen LogP) is 1.83. The van der Waals surface area contributed by atoms with Crippen molar-refractivity contribution in [1.29, 1.82) is 0 Å². The first-order valence-electron chi connectivity index (χ1n) is 8.54. The van der Waals surface area contributed by atoms with Crippen LogP contribution in [0.5, 0.6) is 5.75 Å². The van der Waals surface area contributed by atoms with Crippen LogP contribution in [0.25, 0.3) is 11.4 Å². The summed E-state index contributed by atoms with van der Waals surface area (Å²) in [7, 11) is 4.72. The molecule has 0 fully saturated rings. The maximum Gasteiger partial charge on any atom is 0.330 e. The van der Waals surface area contributed by atoms with Crippen LogP contribution in [0, 0.1) is 0 Å². The minimum atomic E-state index is -0.356. The van der Waals surface area contributed by atoms with Gasteiger partial charge in [0.15, 0.2) is 11.0 Å². The molecule has 8 nitrogen and oxygen atoms in total. The van der Waals surface area contributed by atoms with Gasteiger partial charge < -0.3 is 4.74 Å². The third-order valence-electron chi connectivity index (χ3n) is 4.35. The standard InChI is InChI=1S/C19H21N5O3S/c1-5-10-24-17(14-8-6-7-9-15(14)27-4)20-21-18(24)28-12-13-11-16(25)23(3)19(26)22(13)2/h5-9,11H,1,10,12H2,2-4H3. The summed E-state index contributed by atoms with van der Waals surface area (Å²) in [6.07, 6.45) is 1.76. The van der Waals surface area contributed by atoms with E-state index in [9.17, 15) is 9.59 Å². The summed E-state index contributed by atoms with van der Waals surface area (Å²) in [6.45, 7) is 4.33. The normalized spacial score (nSPS) is 10.8. The molecule has 1 aromatic carbocycles. The highest BCUT2D eigenvalue weighted by molar-refractivity contribution is 7.98. The fourth-order valence-electron chi connectivity index (χ4n) is 2.77. The van der Waals surface area contributed by atoms with Crippen LogP contribution in [-0.4, -0.2) is 31.0 Å². The maximum absolute atomic E-state index is 12.1. The molecule has 0 saturated heterocycles. The van der Waals surface area contributed by atoms with E-state index in [0.29, 0.717) is 34.7 Å². The predicted molar refractivity (Wildman–Crippen MR) is 109 cm³/mol. The van der Waals surface area contributed by atoms with Gasteiger partial charge in [-0.3, -0.25) is 18.5 Å². The van der Waals surface area contributed by atoms with Gasteiger partial charge in [0.05, 0.1) is 12.7 Å². The van der Waals surface area contributed by atoms with Gasteiger partial charge in [-0.2, -0.15) is 0 Å². The monoisotopic (exact) mass is 399 g/mol. The van der Waals surface area contributed by atoms with Crippen LogP contribution in [-0.2, 0) is 26.4 Å². The molecular weight excluding hydrogens is 378 g/mol. The largest absolute Gasteiger partial charge is 0.496 e. The molecule has 0 N–H and O–H groups in total. The summed E-state index contributed by atoms with van der Waals surface area (Å²) in [4.78, 5) is 24.0. The van der Waals surface area contributed by atoms with E-state index in [1.807, 2.05) is 28.8 Å². The van der Waals surface area contributed by atoms with Crippen molar-refractivity contribution in [3.05, 3.63) is 69.5 Å². The summed E-state index contributed by atoms with van der Waals surface area (Å²) in [5.41, 5.74) is 0.753. The first-order chi connectivity index (χ1) is 13.5. The number of methoxy groups -OCH3 is 1. The maximum atomic E-state index is 12.1. The molecule has 0 aliphatic rings. The summed E-state index contributed by atoms with van der Waals surface area (Å²) in [5.74, 6) is 1.77. The number of para-hydroxylation sites is 1. The second-order valence-electron chi connectivity index (χ2n) is 6.07. The lowest BCUT2D eigenvalue weighted by Gasteiger charge is -2.11. The summed E-state index contributed by atoms with van der Waals surface area (Å²) < 4.78 is 9.90. The molecule has 146 valence electrons. The van der Waals surface area contributed by atoms with Gasteiger partial charge in [-0.25, -0.2) is 4.79 Å². The third kappa shape index (κ3) is 3.65. The number of ether oxygens (including phenoxy) is 1. The number of allylic oxidation sites excluding steroid dienone is 1. The molecule has 9 heteroatoms. The minimum Gasteiger partial charge on any atom is -0.496 e. The highest BCUT2D eigenvalue weighted by Crippen LogP contribution is 2.31. The average Bonchev–Trinajstić information content (AvgIpc) is 3.10. The lowest BCUT2D eigenvalue weighted by molar-refractivity contribution is 0.416. The van der Waals surface area contributed by atoms with Crippen molar-refractivity contribution in [2.75, 3.05) is 7.11 Å². The molecule has 0 atom stereocenters. The fraction of sp³-hybridized carbons (Fsp3) is 0.263. The Labute approximate surface area is 166 Å². The zero-order valence-electron chi connectivity index (χ0n) is 16.0. The molecule has 0 spiro atoms. The summed E-state index contributed by atoms with van der Waals surface area (Å²) in [5, 5.41) is 9.28. The number of hydrogen-bond acceptors (Lipinski definition) is 6. The molecule has 0 aliphatic carbocycles. The van der Waals surface area contributed by atoms with Crippen LogP contribution in [0.1, 0.15) is 5.69 Å². The van der Waals surface area contributed by atoms with Crippen molar-refractivity contribution < 1.29 is 4.74 Å². The van der Waals surface area contributed by atoms with E-state index < -0.39 is 0 Å². The fourth-order valence-corrected chi connectivity index (χ4v) is 3.74. The number of hydrogen-bond donors (Lipinski definition) is 0. The molecule has 0 amide bonds. The second-order valence-corrected chi connectivity index (χ2v) is 7.01. The van der Waals surface area contributed by atoms with E-state index >= 15 is 0 Å². The molecule has 0 unspecified atom stereocenters. The lowest BCUT2D eigenvalue weighted by atomic mass is 10.2. The molecule has 0 aliphatic heterocycles. The molecular formula is C19H21N5O3S. The average molecular weight is 399 g/mol. The number of benzene rings is 1. The van der Waals surface area contributed by atoms with Gasteiger partial charge in [0.2, 0.25) is 0 Å². The minimum absolute atomic E-state index is 0.332. The Balaban J connectivity index is 1.96. The molecule has 3 aromatic rings. The number of aromatic nitrogens is 5. The Morgan fingerprint density at radius 3 is 2.64 bits per heavy atom. The van der Waals surface area contributed by atoms with Gasteiger partial charge in [-0.15, -0.1) is 16.8 Å². The molecule has 0 bridgehead atoms. The summed E-state index contributed by atoms with van der Waals surface area (Å²) >= 11 is 1.40. The Morgan fingerprint density at radius 1 is 1.18 bits per heavy atom. The Kier molecular flexibility index (Phi) is 5.84. The van der Waals surface area contributed by atoms with Gasteiger partial charge >= 0.3 is 5.69 Å². The van der Waals surface area contributed by atoms with Crippen molar-refractivity contribution in [2.24, 2.45) is 14.1 Å². The highest BCUT2D eigenvalue weighted by atomic mass is 32.2. The topological polar surface area (TPSA) is 83.9 Å². The number of thioether (sulfide) groups is 1. The Bertz CT molecular complexity index is 1130. The van der Waals surface area contributed by atoms with Crippen LogP contribution in [0.3, 0.4) is 0 Å². The van der Waals surface area contributed by atoms with Gasteiger partial charge in [-0.05, 0) is 12.1 Å². The first kappa shape index (κ1) is 19.7. The van der Waals surface area contributed by atoms with E-state index in [2.05, 4.69) is 16.8 Å². The van der Waals surface area contributed by atoms with Gasteiger partial charge in [0.25, 0.3) is 5.56 Å². The molecule has 2 heterocycles. The quantitative estimate of drug-likeness (QED) is 0.445. The number of rotatable bonds is 7. The molecule has 3 rings (SSSR count). The second kappa shape index (κ2) is 8.30. The van der Waals surface area contributed by atoms with E-state index in [-0.39, 0.29) is 11.2 Å². The van der Waals surface area contributed by atoms with Gasteiger partial charge in [0.1, 0.15) is 5.75 Å². The molecule has 0 saturated carbocycles.